The van der Waals surface area contributed by atoms with Gasteiger partial charge in [-0.1, -0.05) is 11.6 Å². The van der Waals surface area contributed by atoms with Gasteiger partial charge in [0.1, 0.15) is 0 Å². The first-order valence-corrected chi connectivity index (χ1v) is 4.13. The second kappa shape index (κ2) is 3.79. The van der Waals surface area contributed by atoms with Crippen LogP contribution in [-0.2, 0) is 0 Å². The van der Waals surface area contributed by atoms with Gasteiger partial charge in [-0.2, -0.15) is 0 Å². The zero-order valence-electron chi connectivity index (χ0n) is 7.56. The molecule has 0 aliphatic rings. The Hall–Kier alpha value is -1.36. The molecule has 0 spiro atoms. The number of carboxylic acid groups (broad SMARTS) is 1. The van der Waals surface area contributed by atoms with E-state index in [-0.39, 0.29) is 16.9 Å². The molecule has 0 saturated heterocycles. The average molecular weight is 219 g/mol. The Kier molecular flexibility index (Phi) is 2.90. The molecule has 1 rings (SSSR count). The molecule has 4 nitrogen and oxygen atoms in total. The Morgan fingerprint density at radius 1 is 1.64 bits per heavy atom. The molecule has 0 radical (unpaired) electrons. The molecule has 76 valence electrons. The number of aromatic carboxylic acids is 1. The van der Waals surface area contributed by atoms with Crippen LogP contribution in [0.15, 0.2) is 0 Å². The lowest BCUT2D eigenvalue weighted by Crippen LogP contribution is -2.09. The highest BCUT2D eigenvalue weighted by Gasteiger charge is 2.18. The lowest BCUT2D eigenvalue weighted by atomic mass is 10.1. The van der Waals surface area contributed by atoms with Gasteiger partial charge in [0.2, 0.25) is 0 Å². The molecular formula is C8H8ClFN2O2. The minimum Gasteiger partial charge on any atom is -0.477 e. The number of pyridine rings is 1. The van der Waals surface area contributed by atoms with Crippen LogP contribution in [-0.4, -0.2) is 23.1 Å². The lowest BCUT2D eigenvalue weighted by molar-refractivity contribution is 0.0689. The van der Waals surface area contributed by atoms with Crippen LogP contribution in [0.3, 0.4) is 0 Å². The van der Waals surface area contributed by atoms with Crippen molar-refractivity contribution >= 4 is 23.3 Å². The van der Waals surface area contributed by atoms with Gasteiger partial charge in [0, 0.05) is 12.6 Å². The van der Waals surface area contributed by atoms with Crippen molar-refractivity contribution in [1.29, 1.82) is 0 Å². The van der Waals surface area contributed by atoms with Gasteiger partial charge in [-0.15, -0.1) is 0 Å². The highest BCUT2D eigenvalue weighted by molar-refractivity contribution is 6.30. The predicted octanol–water partition coefficient (Wildman–Crippen LogP) is 1.92. The molecule has 14 heavy (non-hydrogen) atoms. The third-order valence-electron chi connectivity index (χ3n) is 1.79. The fourth-order valence-electron chi connectivity index (χ4n) is 1.12. The third kappa shape index (κ3) is 1.63. The van der Waals surface area contributed by atoms with E-state index in [0.717, 1.165) is 0 Å². The Labute approximate surface area is 84.7 Å². The summed E-state index contributed by atoms with van der Waals surface area (Å²) in [4.78, 5) is 14.1. The normalized spacial score (nSPS) is 10.0. The summed E-state index contributed by atoms with van der Waals surface area (Å²) in [5.74, 6) is -1.97. The number of hydrogen-bond donors (Lipinski definition) is 2. The van der Waals surface area contributed by atoms with Gasteiger partial charge in [0.05, 0.1) is 5.69 Å². The second-order valence-corrected chi connectivity index (χ2v) is 2.98. The Morgan fingerprint density at radius 2 is 2.21 bits per heavy atom. The van der Waals surface area contributed by atoms with Crippen LogP contribution in [0, 0.1) is 12.7 Å². The van der Waals surface area contributed by atoms with Crippen LogP contribution in [0.5, 0.6) is 0 Å². The number of carboxylic acids is 1. The number of halogens is 2. The molecule has 0 atom stereocenters. The van der Waals surface area contributed by atoms with Crippen molar-refractivity contribution < 1.29 is 14.3 Å². The lowest BCUT2D eigenvalue weighted by Gasteiger charge is -2.09. The average Bonchev–Trinajstić information content (AvgIpc) is 2.12. The number of aromatic nitrogens is 1. The van der Waals surface area contributed by atoms with Gasteiger partial charge >= 0.3 is 5.97 Å². The highest BCUT2D eigenvalue weighted by Crippen LogP contribution is 2.26. The fraction of sp³-hybridized carbons (Fsp3) is 0.250. The maximum atomic E-state index is 13.3. The highest BCUT2D eigenvalue weighted by atomic mass is 35.5. The predicted molar refractivity (Wildman–Crippen MR) is 50.4 cm³/mol. The van der Waals surface area contributed by atoms with Crippen LogP contribution in [0.4, 0.5) is 10.1 Å². The number of rotatable bonds is 2. The van der Waals surface area contributed by atoms with Crippen LogP contribution in [0.1, 0.15) is 16.1 Å². The minimum absolute atomic E-state index is 0.0578. The molecule has 0 amide bonds. The van der Waals surface area contributed by atoms with Crippen LogP contribution >= 0.6 is 11.6 Å². The summed E-state index contributed by atoms with van der Waals surface area (Å²) in [5, 5.41) is 10.8. The van der Waals surface area contributed by atoms with E-state index in [1.165, 1.54) is 14.0 Å². The van der Waals surface area contributed by atoms with E-state index in [1.54, 1.807) is 0 Å². The van der Waals surface area contributed by atoms with Crippen molar-refractivity contribution in [3.63, 3.8) is 0 Å². The maximum absolute atomic E-state index is 13.3. The summed E-state index contributed by atoms with van der Waals surface area (Å²) in [6, 6.07) is 0. The smallest absolute Gasteiger partial charge is 0.354 e. The van der Waals surface area contributed by atoms with Crippen molar-refractivity contribution in [3.05, 3.63) is 22.2 Å². The fourth-order valence-corrected chi connectivity index (χ4v) is 1.30. The number of carbonyl (C=O) groups is 1. The van der Waals surface area contributed by atoms with E-state index in [9.17, 15) is 9.18 Å². The van der Waals surface area contributed by atoms with Crippen LogP contribution in [0.25, 0.3) is 0 Å². The van der Waals surface area contributed by atoms with Gasteiger partial charge in [-0.25, -0.2) is 14.2 Å². The molecule has 0 unspecified atom stereocenters. The molecular weight excluding hydrogens is 211 g/mol. The van der Waals surface area contributed by atoms with Gasteiger partial charge in [-0.3, -0.25) is 0 Å². The Bertz CT molecular complexity index is 395. The third-order valence-corrected chi connectivity index (χ3v) is 2.04. The Balaban J connectivity index is 3.50. The SMILES string of the molecule is CNc1c(C)c(C(=O)O)nc(Cl)c1F. The Morgan fingerprint density at radius 3 is 2.64 bits per heavy atom. The molecule has 0 aromatic carbocycles. The number of hydrogen-bond acceptors (Lipinski definition) is 3. The molecule has 0 aliphatic carbocycles. The van der Waals surface area contributed by atoms with E-state index in [1.807, 2.05) is 0 Å². The van der Waals surface area contributed by atoms with Crippen molar-refractivity contribution in [2.45, 2.75) is 6.92 Å². The standard InChI is InChI=1S/C8H8ClFN2O2/c1-3-5(11-2)4(10)7(9)12-6(3)8(13)14/h1-2H3,(H,11,12)(H,13,14). The molecule has 6 heteroatoms. The summed E-state index contributed by atoms with van der Waals surface area (Å²) in [6.07, 6.45) is 0. The summed E-state index contributed by atoms with van der Waals surface area (Å²) >= 11 is 5.42. The largest absolute Gasteiger partial charge is 0.477 e. The minimum atomic E-state index is -1.24. The van der Waals surface area contributed by atoms with Gasteiger partial charge in [-0.05, 0) is 6.92 Å². The van der Waals surface area contributed by atoms with Crippen LogP contribution in [0.2, 0.25) is 5.15 Å². The van der Waals surface area contributed by atoms with Crippen molar-refractivity contribution in [1.82, 2.24) is 4.98 Å². The van der Waals surface area contributed by atoms with Crippen molar-refractivity contribution in [2.24, 2.45) is 0 Å². The molecule has 0 aliphatic heterocycles. The first-order chi connectivity index (χ1) is 6.49. The number of nitrogens with zero attached hydrogens (tertiary/aromatic N) is 1. The monoisotopic (exact) mass is 218 g/mol. The molecule has 0 fully saturated rings. The van der Waals surface area contributed by atoms with E-state index in [0.29, 0.717) is 0 Å². The molecule has 0 saturated carbocycles. The van der Waals surface area contributed by atoms with E-state index in [2.05, 4.69) is 10.3 Å². The van der Waals surface area contributed by atoms with Crippen LogP contribution < -0.4 is 5.32 Å². The first-order valence-electron chi connectivity index (χ1n) is 3.75. The van der Waals surface area contributed by atoms with E-state index >= 15 is 0 Å². The molecule has 0 bridgehead atoms. The van der Waals surface area contributed by atoms with Crippen molar-refractivity contribution in [3.8, 4) is 0 Å². The topological polar surface area (TPSA) is 62.2 Å². The first kappa shape index (κ1) is 10.7. The zero-order chi connectivity index (χ0) is 10.9. The summed E-state index contributed by atoms with van der Waals surface area (Å²) in [5.41, 5.74) is 0.0325. The van der Waals surface area contributed by atoms with Crippen molar-refractivity contribution in [2.75, 3.05) is 12.4 Å². The molecule has 1 aromatic heterocycles. The number of nitrogens with one attached hydrogen (secondary N) is 1. The summed E-state index contributed by atoms with van der Waals surface area (Å²) < 4.78 is 13.3. The quantitative estimate of drug-likeness (QED) is 0.745. The molecule has 1 heterocycles. The zero-order valence-corrected chi connectivity index (χ0v) is 8.31. The molecule has 1 aromatic rings. The van der Waals surface area contributed by atoms with Gasteiger partial charge in [0.15, 0.2) is 16.7 Å². The molecule has 2 N–H and O–H groups in total. The van der Waals surface area contributed by atoms with Gasteiger partial charge < -0.3 is 10.4 Å². The van der Waals surface area contributed by atoms with Gasteiger partial charge in [0.25, 0.3) is 0 Å². The van der Waals surface area contributed by atoms with E-state index < -0.39 is 16.9 Å². The van der Waals surface area contributed by atoms with E-state index in [4.69, 9.17) is 16.7 Å². The maximum Gasteiger partial charge on any atom is 0.354 e. The summed E-state index contributed by atoms with van der Waals surface area (Å²) in [7, 11) is 1.48. The number of anilines is 1. The summed E-state index contributed by atoms with van der Waals surface area (Å²) in [6.45, 7) is 1.46. The second-order valence-electron chi connectivity index (χ2n) is 2.62.